The number of esters is 1. The molecule has 5 nitrogen and oxygen atoms in total. The smallest absolute Gasteiger partial charge is 0.341 e. The third kappa shape index (κ3) is 3.74. The number of ether oxygens (including phenoxy) is 1. The van der Waals surface area contributed by atoms with E-state index in [1.807, 2.05) is 24.3 Å². The molecular weight excluding hydrogens is 340 g/mol. The highest BCUT2D eigenvalue weighted by Gasteiger charge is 2.26. The first-order chi connectivity index (χ1) is 12.0. The fourth-order valence-corrected chi connectivity index (χ4v) is 3.80. The van der Waals surface area contributed by atoms with Crippen molar-refractivity contribution in [3.63, 3.8) is 0 Å². The highest BCUT2D eigenvalue weighted by Crippen LogP contribution is 2.30. The van der Waals surface area contributed by atoms with Crippen LogP contribution < -0.4 is 4.18 Å². The van der Waals surface area contributed by atoms with E-state index in [2.05, 4.69) is 0 Å². The predicted octanol–water partition coefficient (Wildman–Crippen LogP) is 3.56. The van der Waals surface area contributed by atoms with Crippen molar-refractivity contribution in [1.82, 2.24) is 0 Å². The van der Waals surface area contributed by atoms with Gasteiger partial charge in [-0.05, 0) is 49.1 Å². The molecule has 0 saturated carbocycles. The SMILES string of the molecule is CCOC(=O)c1ccccc1OS(=O)(=O)C1=Cc2ccccc2CC1. The quantitative estimate of drug-likeness (QED) is 0.604. The first-order valence-electron chi connectivity index (χ1n) is 8.00. The Morgan fingerprint density at radius 3 is 2.56 bits per heavy atom. The highest BCUT2D eigenvalue weighted by molar-refractivity contribution is 7.91. The minimum absolute atomic E-state index is 0.0271. The Morgan fingerprint density at radius 1 is 1.04 bits per heavy atom. The van der Waals surface area contributed by atoms with Gasteiger partial charge in [-0.15, -0.1) is 0 Å². The van der Waals surface area contributed by atoms with Gasteiger partial charge in [-0.1, -0.05) is 36.4 Å². The van der Waals surface area contributed by atoms with Gasteiger partial charge in [0.2, 0.25) is 0 Å². The van der Waals surface area contributed by atoms with Crippen LogP contribution in [0.15, 0.2) is 53.4 Å². The summed E-state index contributed by atoms with van der Waals surface area (Å²) in [5, 5.41) is 0. The van der Waals surface area contributed by atoms with Crippen LogP contribution in [-0.2, 0) is 21.3 Å². The van der Waals surface area contributed by atoms with Gasteiger partial charge in [-0.3, -0.25) is 0 Å². The molecule has 3 rings (SSSR count). The molecule has 0 aliphatic heterocycles. The molecule has 1 aliphatic rings. The van der Waals surface area contributed by atoms with Gasteiger partial charge >= 0.3 is 16.1 Å². The monoisotopic (exact) mass is 358 g/mol. The number of aryl methyl sites for hydroxylation is 1. The molecule has 0 heterocycles. The maximum Gasteiger partial charge on any atom is 0.341 e. The van der Waals surface area contributed by atoms with Crippen molar-refractivity contribution in [3.8, 4) is 5.75 Å². The van der Waals surface area contributed by atoms with Crippen molar-refractivity contribution in [2.45, 2.75) is 19.8 Å². The maximum absolute atomic E-state index is 12.7. The molecule has 0 bridgehead atoms. The van der Waals surface area contributed by atoms with Gasteiger partial charge < -0.3 is 8.92 Å². The van der Waals surface area contributed by atoms with Crippen molar-refractivity contribution in [2.75, 3.05) is 6.61 Å². The van der Waals surface area contributed by atoms with E-state index in [1.54, 1.807) is 25.1 Å². The molecule has 0 unspecified atom stereocenters. The van der Waals surface area contributed by atoms with Gasteiger partial charge in [-0.25, -0.2) is 4.79 Å². The zero-order valence-electron chi connectivity index (χ0n) is 13.8. The second-order valence-electron chi connectivity index (χ2n) is 5.56. The van der Waals surface area contributed by atoms with E-state index in [0.717, 1.165) is 11.1 Å². The second-order valence-corrected chi connectivity index (χ2v) is 7.16. The Morgan fingerprint density at radius 2 is 1.76 bits per heavy atom. The van der Waals surface area contributed by atoms with E-state index in [9.17, 15) is 13.2 Å². The minimum Gasteiger partial charge on any atom is -0.462 e. The summed E-state index contributed by atoms with van der Waals surface area (Å²) in [4.78, 5) is 12.2. The van der Waals surface area contributed by atoms with E-state index >= 15 is 0 Å². The van der Waals surface area contributed by atoms with E-state index < -0.39 is 16.1 Å². The van der Waals surface area contributed by atoms with Gasteiger partial charge in [0, 0.05) is 0 Å². The lowest BCUT2D eigenvalue weighted by Gasteiger charge is -2.17. The van der Waals surface area contributed by atoms with E-state index in [0.29, 0.717) is 12.8 Å². The summed E-state index contributed by atoms with van der Waals surface area (Å²) < 4.78 is 35.5. The summed E-state index contributed by atoms with van der Waals surface area (Å²) in [5.74, 6) is -0.642. The van der Waals surface area contributed by atoms with E-state index in [1.165, 1.54) is 12.1 Å². The molecular formula is C19H18O5S. The molecule has 0 saturated heterocycles. The Hall–Kier alpha value is -2.60. The lowest BCUT2D eigenvalue weighted by atomic mass is 9.98. The van der Waals surface area contributed by atoms with Gasteiger partial charge in [0.15, 0.2) is 5.75 Å². The molecule has 1 aliphatic carbocycles. The number of carbonyl (C=O) groups is 1. The van der Waals surface area contributed by atoms with E-state index in [4.69, 9.17) is 8.92 Å². The zero-order chi connectivity index (χ0) is 17.9. The predicted molar refractivity (Wildman–Crippen MR) is 94.7 cm³/mol. The Labute approximate surface area is 147 Å². The molecule has 2 aromatic rings. The van der Waals surface area contributed by atoms with Crippen molar-refractivity contribution < 1.29 is 22.1 Å². The van der Waals surface area contributed by atoms with Gasteiger partial charge in [0.1, 0.15) is 5.56 Å². The number of hydrogen-bond acceptors (Lipinski definition) is 5. The van der Waals surface area contributed by atoms with Crippen LogP contribution in [-0.4, -0.2) is 21.0 Å². The lowest BCUT2D eigenvalue weighted by Crippen LogP contribution is -2.17. The van der Waals surface area contributed by atoms with Gasteiger partial charge in [0.25, 0.3) is 0 Å². The Balaban J connectivity index is 1.91. The van der Waals surface area contributed by atoms with E-state index in [-0.39, 0.29) is 22.8 Å². The number of carbonyl (C=O) groups excluding carboxylic acids is 1. The van der Waals surface area contributed by atoms with Crippen LogP contribution in [0, 0.1) is 0 Å². The second kappa shape index (κ2) is 7.11. The van der Waals surface area contributed by atoms with Gasteiger partial charge in [0.05, 0.1) is 11.5 Å². The van der Waals surface area contributed by atoms with Crippen molar-refractivity contribution in [3.05, 3.63) is 70.1 Å². The normalized spacial score (nSPS) is 13.6. The summed E-state index contributed by atoms with van der Waals surface area (Å²) >= 11 is 0. The van der Waals surface area contributed by atoms with Crippen LogP contribution in [0.2, 0.25) is 0 Å². The number of hydrogen-bond donors (Lipinski definition) is 0. The van der Waals surface area contributed by atoms with Crippen LogP contribution in [0.1, 0.15) is 34.8 Å². The minimum atomic E-state index is -4.00. The molecule has 0 amide bonds. The number of para-hydroxylation sites is 1. The van der Waals surface area contributed by atoms with Crippen LogP contribution in [0.3, 0.4) is 0 Å². The van der Waals surface area contributed by atoms with Crippen molar-refractivity contribution in [2.24, 2.45) is 0 Å². The molecule has 2 aromatic carbocycles. The van der Waals surface area contributed by atoms with Crippen molar-refractivity contribution in [1.29, 1.82) is 0 Å². The van der Waals surface area contributed by atoms with Crippen LogP contribution >= 0.6 is 0 Å². The lowest BCUT2D eigenvalue weighted by molar-refractivity contribution is 0.0524. The first-order valence-corrected chi connectivity index (χ1v) is 9.41. The van der Waals surface area contributed by atoms with Crippen LogP contribution in [0.4, 0.5) is 0 Å². The van der Waals surface area contributed by atoms with Gasteiger partial charge in [-0.2, -0.15) is 8.42 Å². The fourth-order valence-electron chi connectivity index (χ4n) is 2.69. The number of fused-ring (bicyclic) bond motifs is 1. The first kappa shape index (κ1) is 17.2. The summed E-state index contributed by atoms with van der Waals surface area (Å²) in [6, 6.07) is 13.8. The molecule has 130 valence electrons. The third-order valence-electron chi connectivity index (χ3n) is 3.92. The molecule has 0 spiro atoms. The molecule has 25 heavy (non-hydrogen) atoms. The summed E-state index contributed by atoms with van der Waals surface area (Å²) in [7, 11) is -4.00. The largest absolute Gasteiger partial charge is 0.462 e. The Kier molecular flexibility index (Phi) is 4.90. The average molecular weight is 358 g/mol. The van der Waals surface area contributed by atoms with Crippen LogP contribution in [0.25, 0.3) is 6.08 Å². The standard InChI is InChI=1S/C19H18O5S/c1-2-23-19(20)17-9-5-6-10-18(17)24-25(21,22)16-12-11-14-7-3-4-8-15(14)13-16/h3-10,13H,2,11-12H2,1H3. The zero-order valence-corrected chi connectivity index (χ0v) is 14.6. The molecule has 0 fully saturated rings. The summed E-state index contributed by atoms with van der Waals surface area (Å²) in [6.07, 6.45) is 2.62. The topological polar surface area (TPSA) is 69.7 Å². The van der Waals surface area contributed by atoms with Crippen LogP contribution in [0.5, 0.6) is 5.75 Å². The number of allylic oxidation sites excluding steroid dienone is 1. The molecule has 0 N–H and O–H groups in total. The Bertz CT molecular complexity index is 928. The average Bonchev–Trinajstić information content (AvgIpc) is 2.61. The summed E-state index contributed by atoms with van der Waals surface area (Å²) in [5.41, 5.74) is 2.06. The molecule has 0 atom stereocenters. The maximum atomic E-state index is 12.7. The molecule has 0 aromatic heterocycles. The number of benzene rings is 2. The summed E-state index contributed by atoms with van der Waals surface area (Å²) in [6.45, 7) is 1.88. The highest BCUT2D eigenvalue weighted by atomic mass is 32.2. The van der Waals surface area contributed by atoms with Crippen molar-refractivity contribution >= 4 is 22.2 Å². The third-order valence-corrected chi connectivity index (χ3v) is 5.28. The fraction of sp³-hybridized carbons (Fsp3) is 0.211. The number of rotatable bonds is 5. The molecule has 0 radical (unpaired) electrons. The molecule has 6 heteroatoms.